The van der Waals surface area contributed by atoms with E-state index < -0.39 is 16.1 Å². The normalized spacial score (nSPS) is 50.2. The molecule has 4 aliphatic rings. The van der Waals surface area contributed by atoms with E-state index in [4.69, 9.17) is 0 Å². The third kappa shape index (κ3) is 1.39. The molecule has 2 saturated heterocycles. The lowest BCUT2D eigenvalue weighted by atomic mass is 9.86. The van der Waals surface area contributed by atoms with Gasteiger partial charge in [-0.3, -0.25) is 0 Å². The van der Waals surface area contributed by atoms with Crippen molar-refractivity contribution in [3.8, 4) is 0 Å². The van der Waals surface area contributed by atoms with Gasteiger partial charge in [0.15, 0.2) is 0 Å². The molecule has 0 amide bonds. The fourth-order valence-corrected chi connectivity index (χ4v) is 40.8. The summed E-state index contributed by atoms with van der Waals surface area (Å²) in [5.74, 6) is 0. The van der Waals surface area contributed by atoms with Crippen LogP contribution in [0, 0.1) is 5.41 Å². The molecule has 4 aliphatic heterocycles. The molecular formula is C14H28P2Si2. The van der Waals surface area contributed by atoms with E-state index in [0.29, 0.717) is 20.6 Å². The van der Waals surface area contributed by atoms with Crippen molar-refractivity contribution in [1.82, 2.24) is 0 Å². The van der Waals surface area contributed by atoms with E-state index >= 15 is 0 Å². The monoisotopic (exact) mass is 314 g/mol. The third-order valence-corrected chi connectivity index (χ3v) is 29.8. The SMILES string of the molecule is CC1=CC2([Si](C)(C)C)P3CC1(C)C([Si](C)(C)C)P32. The van der Waals surface area contributed by atoms with Gasteiger partial charge >= 0.3 is 0 Å². The molecule has 0 saturated carbocycles. The first-order valence-corrected chi connectivity index (χ1v) is 18.0. The van der Waals surface area contributed by atoms with Crippen molar-refractivity contribution in [1.29, 1.82) is 0 Å². The third-order valence-electron chi connectivity index (χ3n) is 5.53. The predicted molar refractivity (Wildman–Crippen MR) is 93.8 cm³/mol. The number of rotatable bonds is 2. The minimum absolute atomic E-state index is 0.401. The van der Waals surface area contributed by atoms with Crippen LogP contribution in [0.15, 0.2) is 11.6 Å². The first-order chi connectivity index (χ1) is 7.96. The van der Waals surface area contributed by atoms with Crippen molar-refractivity contribution in [2.75, 3.05) is 6.16 Å². The van der Waals surface area contributed by atoms with E-state index in [1.807, 2.05) is 0 Å². The zero-order valence-electron chi connectivity index (χ0n) is 13.3. The average molecular weight is 314 g/mol. The van der Waals surface area contributed by atoms with Crippen LogP contribution < -0.4 is 0 Å². The molecule has 0 N–H and O–H groups in total. The lowest BCUT2D eigenvalue weighted by Crippen LogP contribution is -2.54. The first-order valence-electron chi connectivity index (χ1n) is 7.23. The summed E-state index contributed by atoms with van der Waals surface area (Å²) >= 11 is 0. The molecule has 18 heavy (non-hydrogen) atoms. The number of hydrogen-bond donors (Lipinski definition) is 0. The Balaban J connectivity index is 2.15. The van der Waals surface area contributed by atoms with Crippen molar-refractivity contribution < 1.29 is 0 Å². The summed E-state index contributed by atoms with van der Waals surface area (Å²) in [5, 5.41) is 1.14. The highest BCUT2D eigenvalue weighted by atomic mass is 32.1. The maximum atomic E-state index is 2.83. The second-order valence-corrected chi connectivity index (χ2v) is 27.6. The first kappa shape index (κ1) is 14.0. The highest BCUT2D eigenvalue weighted by Crippen LogP contribution is 3.12. The van der Waals surface area contributed by atoms with Gasteiger partial charge in [0.2, 0.25) is 0 Å². The topological polar surface area (TPSA) is 0 Å². The highest BCUT2D eigenvalue weighted by molar-refractivity contribution is 8.51. The van der Waals surface area contributed by atoms with Crippen LogP contribution >= 0.6 is 15.2 Å². The Hall–Kier alpha value is 1.03. The lowest BCUT2D eigenvalue weighted by Gasteiger charge is -2.50. The maximum Gasteiger partial charge on any atom is 0.0666 e. The van der Waals surface area contributed by atoms with E-state index in [-0.39, 0.29) is 0 Å². The second-order valence-electron chi connectivity index (χ2n) is 8.89. The van der Waals surface area contributed by atoms with Gasteiger partial charge in [-0.25, -0.2) is 0 Å². The van der Waals surface area contributed by atoms with E-state index in [1.54, 1.807) is 11.7 Å². The van der Waals surface area contributed by atoms with Crippen molar-refractivity contribution in [3.63, 3.8) is 0 Å². The molecule has 0 aromatic heterocycles. The minimum atomic E-state index is -1.02. The number of hydrogen-bond acceptors (Lipinski definition) is 0. The van der Waals surface area contributed by atoms with Crippen LogP contribution in [-0.2, 0) is 0 Å². The summed E-state index contributed by atoms with van der Waals surface area (Å²) in [6.07, 6.45) is 4.44. The van der Waals surface area contributed by atoms with Gasteiger partial charge in [-0.2, -0.15) is 0 Å². The molecule has 0 nitrogen and oxygen atoms in total. The quantitative estimate of drug-likeness (QED) is 0.349. The molecule has 0 spiro atoms. The fraction of sp³-hybridized carbons (Fsp3) is 0.857. The molecule has 0 aromatic rings. The van der Waals surface area contributed by atoms with Gasteiger partial charge in [-0.15, -0.1) is 0 Å². The van der Waals surface area contributed by atoms with Crippen LogP contribution in [0.2, 0.25) is 39.3 Å². The predicted octanol–water partition coefficient (Wildman–Crippen LogP) is 5.68. The summed E-state index contributed by atoms with van der Waals surface area (Å²) in [7, 11) is -1.21. The largest absolute Gasteiger partial charge is 0.0725 e. The van der Waals surface area contributed by atoms with Gasteiger partial charge in [-0.1, -0.05) is 73.1 Å². The Bertz CT molecular complexity index is 446. The lowest BCUT2D eigenvalue weighted by molar-refractivity contribution is 0.478. The van der Waals surface area contributed by atoms with E-state index in [0.717, 1.165) is 9.80 Å². The Morgan fingerprint density at radius 3 is 2.17 bits per heavy atom. The summed E-state index contributed by atoms with van der Waals surface area (Å²) in [5.41, 5.74) is 2.41. The van der Waals surface area contributed by atoms with E-state index in [2.05, 4.69) is 59.2 Å². The van der Waals surface area contributed by atoms with Gasteiger partial charge in [0.1, 0.15) is 0 Å². The molecule has 0 radical (unpaired) electrons. The van der Waals surface area contributed by atoms with Gasteiger partial charge < -0.3 is 0 Å². The second kappa shape index (κ2) is 3.43. The Kier molecular flexibility index (Phi) is 2.67. The zero-order chi connectivity index (χ0) is 13.7. The van der Waals surface area contributed by atoms with Crippen LogP contribution in [0.25, 0.3) is 0 Å². The van der Waals surface area contributed by atoms with Gasteiger partial charge in [0.05, 0.1) is 16.1 Å². The van der Waals surface area contributed by atoms with Crippen LogP contribution in [0.5, 0.6) is 0 Å². The van der Waals surface area contributed by atoms with Gasteiger partial charge in [0.25, 0.3) is 0 Å². The van der Waals surface area contributed by atoms with E-state index in [1.165, 1.54) is 0 Å². The molecule has 4 heterocycles. The van der Waals surface area contributed by atoms with Gasteiger partial charge in [0, 0.05) is 4.52 Å². The van der Waals surface area contributed by atoms with Crippen molar-refractivity contribution in [2.45, 2.75) is 62.9 Å². The minimum Gasteiger partial charge on any atom is -0.0725 e. The Morgan fingerprint density at radius 1 is 1.17 bits per heavy atom. The molecule has 4 bridgehead atoms. The smallest absolute Gasteiger partial charge is 0.0666 e. The average Bonchev–Trinajstić information content (AvgIpc) is 2.65. The van der Waals surface area contributed by atoms with Crippen LogP contribution in [-0.4, -0.2) is 32.1 Å². The molecule has 5 unspecified atom stereocenters. The van der Waals surface area contributed by atoms with Crippen molar-refractivity contribution in [3.05, 3.63) is 11.6 Å². The van der Waals surface area contributed by atoms with Crippen LogP contribution in [0.3, 0.4) is 0 Å². The molecule has 5 atom stereocenters. The summed E-state index contributed by atoms with van der Waals surface area (Å²) in [4.78, 5) is 0. The van der Waals surface area contributed by atoms with Gasteiger partial charge in [-0.05, 0) is 23.8 Å². The Labute approximate surface area is 117 Å². The van der Waals surface area contributed by atoms with Crippen LogP contribution in [0.4, 0.5) is 0 Å². The summed E-state index contributed by atoms with van der Waals surface area (Å²) in [6.45, 7) is 20.9. The van der Waals surface area contributed by atoms with Crippen molar-refractivity contribution in [2.24, 2.45) is 5.41 Å². The zero-order valence-corrected chi connectivity index (χ0v) is 17.0. The molecule has 0 aromatic carbocycles. The number of allylic oxidation sites excluding steroid dienone is 2. The Morgan fingerprint density at radius 2 is 1.72 bits per heavy atom. The highest BCUT2D eigenvalue weighted by Gasteiger charge is 2.81. The van der Waals surface area contributed by atoms with Crippen LogP contribution in [0.1, 0.15) is 13.8 Å². The van der Waals surface area contributed by atoms with E-state index in [9.17, 15) is 0 Å². The molecule has 0 aliphatic carbocycles. The van der Waals surface area contributed by atoms with Crippen molar-refractivity contribution >= 4 is 31.4 Å². The summed E-state index contributed by atoms with van der Waals surface area (Å²) < 4.78 is 0.824. The molecule has 2 fully saturated rings. The molecule has 4 rings (SSSR count). The molecule has 102 valence electrons. The standard InChI is InChI=1S/C14H28P2Si2/c1-11-9-14(18(6,7)8)15-10-13(11,2)12(16(14)15)17(3,4)5/h9,12H,10H2,1-8H3. The fourth-order valence-electron chi connectivity index (χ4n) is 4.71. The summed E-state index contributed by atoms with van der Waals surface area (Å²) in [6, 6.07) is 0. The molecular weight excluding hydrogens is 286 g/mol. The maximum absolute atomic E-state index is 2.83. The molecule has 4 heteroatoms.